The zero-order chi connectivity index (χ0) is 19.1. The average molecular weight is 387 g/mol. The Bertz CT molecular complexity index is 1150. The molecule has 0 radical (unpaired) electrons. The molecule has 1 N–H and O–H groups in total. The van der Waals surface area contributed by atoms with Gasteiger partial charge in [-0.25, -0.2) is 15.0 Å². The Kier molecular flexibility index (Phi) is 4.32. The normalized spacial score (nSPS) is 18.8. The summed E-state index contributed by atoms with van der Waals surface area (Å²) in [6.45, 7) is 4.28. The number of nitrogens with zero attached hydrogens (tertiary/aromatic N) is 3. The number of fused-ring (bicyclic) bond motifs is 2. The first-order chi connectivity index (χ1) is 13.7. The van der Waals surface area contributed by atoms with Crippen LogP contribution in [0.1, 0.15) is 36.3 Å². The van der Waals surface area contributed by atoms with Crippen molar-refractivity contribution >= 4 is 27.4 Å². The van der Waals surface area contributed by atoms with Crippen LogP contribution >= 0.6 is 11.3 Å². The van der Waals surface area contributed by atoms with E-state index in [0.29, 0.717) is 5.92 Å². The Labute approximate surface area is 168 Å². The molecule has 0 saturated carbocycles. The van der Waals surface area contributed by atoms with E-state index in [9.17, 15) is 0 Å². The Morgan fingerprint density at radius 3 is 2.89 bits per heavy atom. The Balaban J connectivity index is 1.51. The molecule has 0 spiro atoms. The van der Waals surface area contributed by atoms with Crippen LogP contribution in [-0.4, -0.2) is 15.0 Å². The molecule has 0 saturated heterocycles. The van der Waals surface area contributed by atoms with Crippen molar-refractivity contribution < 1.29 is 0 Å². The van der Waals surface area contributed by atoms with E-state index in [0.717, 1.165) is 34.8 Å². The van der Waals surface area contributed by atoms with Gasteiger partial charge in [-0.15, -0.1) is 11.3 Å². The standard InChI is InChI=1S/C23H22N4S/c1-14-7-8-16-5-3-4-6-18(16)23(14)27-22-12-20(25-15(2)26-22)17-9-10-19-21(11-17)28-13-24-19/h3-6,9-14,23H,7-8H2,1-2H3,(H,25,26,27). The lowest BCUT2D eigenvalue weighted by Crippen LogP contribution is -2.25. The van der Waals surface area contributed by atoms with Crippen LogP contribution in [0.4, 0.5) is 5.82 Å². The number of aryl methyl sites for hydroxylation is 2. The topological polar surface area (TPSA) is 50.7 Å². The van der Waals surface area contributed by atoms with Crippen LogP contribution in [0.15, 0.2) is 54.0 Å². The van der Waals surface area contributed by atoms with Gasteiger partial charge in [0.15, 0.2) is 0 Å². The third-order valence-electron chi connectivity index (χ3n) is 5.60. The van der Waals surface area contributed by atoms with Crippen LogP contribution < -0.4 is 5.32 Å². The second-order valence-electron chi connectivity index (χ2n) is 7.56. The van der Waals surface area contributed by atoms with Crippen molar-refractivity contribution in [3.63, 3.8) is 0 Å². The number of nitrogens with one attached hydrogen (secondary N) is 1. The first-order valence-electron chi connectivity index (χ1n) is 9.71. The quantitative estimate of drug-likeness (QED) is 0.484. The third kappa shape index (κ3) is 3.16. The Hall–Kier alpha value is -2.79. The summed E-state index contributed by atoms with van der Waals surface area (Å²) < 4.78 is 1.18. The number of aromatic nitrogens is 3. The number of thiazole rings is 1. The van der Waals surface area contributed by atoms with Crippen molar-refractivity contribution in [2.45, 2.75) is 32.7 Å². The molecule has 2 aromatic heterocycles. The summed E-state index contributed by atoms with van der Waals surface area (Å²) in [5.41, 5.74) is 7.80. The molecular weight excluding hydrogens is 364 g/mol. The van der Waals surface area contributed by atoms with Crippen molar-refractivity contribution in [2.24, 2.45) is 5.92 Å². The number of hydrogen-bond donors (Lipinski definition) is 1. The van der Waals surface area contributed by atoms with E-state index in [-0.39, 0.29) is 6.04 Å². The summed E-state index contributed by atoms with van der Waals surface area (Å²) >= 11 is 1.66. The third-order valence-corrected chi connectivity index (χ3v) is 6.39. The first-order valence-corrected chi connectivity index (χ1v) is 10.6. The lowest BCUT2D eigenvalue weighted by Gasteiger charge is -2.32. The molecular formula is C23H22N4S. The second-order valence-corrected chi connectivity index (χ2v) is 8.44. The van der Waals surface area contributed by atoms with Crippen LogP contribution in [0.5, 0.6) is 0 Å². The fraction of sp³-hybridized carbons (Fsp3) is 0.261. The van der Waals surface area contributed by atoms with E-state index >= 15 is 0 Å². The van der Waals surface area contributed by atoms with E-state index in [4.69, 9.17) is 0 Å². The minimum Gasteiger partial charge on any atom is -0.363 e. The molecule has 2 atom stereocenters. The number of rotatable bonds is 3. The molecule has 5 heteroatoms. The van der Waals surface area contributed by atoms with E-state index in [2.05, 4.69) is 75.7 Å². The Morgan fingerprint density at radius 1 is 1.07 bits per heavy atom. The average Bonchev–Trinajstić information content (AvgIpc) is 3.18. The highest BCUT2D eigenvalue weighted by Crippen LogP contribution is 2.36. The molecule has 2 aromatic carbocycles. The monoisotopic (exact) mass is 386 g/mol. The SMILES string of the molecule is Cc1nc(NC2c3ccccc3CCC2C)cc(-c2ccc3ncsc3c2)n1. The van der Waals surface area contributed by atoms with Crippen LogP contribution in [0.2, 0.25) is 0 Å². The van der Waals surface area contributed by atoms with Crippen LogP contribution in [-0.2, 0) is 6.42 Å². The highest BCUT2D eigenvalue weighted by atomic mass is 32.1. The molecule has 140 valence electrons. The van der Waals surface area contributed by atoms with E-state index < -0.39 is 0 Å². The summed E-state index contributed by atoms with van der Waals surface area (Å²) in [6, 6.07) is 17.4. The summed E-state index contributed by atoms with van der Waals surface area (Å²) in [5.74, 6) is 2.23. The van der Waals surface area contributed by atoms with Gasteiger partial charge < -0.3 is 5.32 Å². The predicted molar refractivity (Wildman–Crippen MR) is 116 cm³/mol. The molecule has 28 heavy (non-hydrogen) atoms. The summed E-state index contributed by atoms with van der Waals surface area (Å²) in [7, 11) is 0. The molecule has 0 amide bonds. The molecule has 2 heterocycles. The minimum atomic E-state index is 0.274. The lowest BCUT2D eigenvalue weighted by atomic mass is 9.81. The van der Waals surface area contributed by atoms with Gasteiger partial charge in [0, 0.05) is 11.6 Å². The lowest BCUT2D eigenvalue weighted by molar-refractivity contribution is 0.433. The van der Waals surface area contributed by atoms with Crippen molar-refractivity contribution in [3.8, 4) is 11.3 Å². The molecule has 0 fully saturated rings. The maximum atomic E-state index is 4.68. The Morgan fingerprint density at radius 2 is 1.96 bits per heavy atom. The van der Waals surface area contributed by atoms with Crippen LogP contribution in [0.3, 0.4) is 0 Å². The summed E-state index contributed by atoms with van der Waals surface area (Å²) in [6.07, 6.45) is 2.34. The number of benzene rings is 2. The largest absolute Gasteiger partial charge is 0.363 e. The first kappa shape index (κ1) is 17.3. The van der Waals surface area contributed by atoms with Gasteiger partial charge in [0.2, 0.25) is 0 Å². The van der Waals surface area contributed by atoms with Crippen molar-refractivity contribution in [1.82, 2.24) is 15.0 Å². The highest BCUT2D eigenvalue weighted by Gasteiger charge is 2.26. The van der Waals surface area contributed by atoms with Gasteiger partial charge in [-0.1, -0.05) is 37.3 Å². The van der Waals surface area contributed by atoms with Crippen LogP contribution in [0, 0.1) is 12.8 Å². The van der Waals surface area contributed by atoms with Gasteiger partial charge >= 0.3 is 0 Å². The molecule has 1 aliphatic carbocycles. The number of hydrogen-bond acceptors (Lipinski definition) is 5. The van der Waals surface area contributed by atoms with Crippen molar-refractivity contribution in [1.29, 1.82) is 0 Å². The molecule has 0 aliphatic heterocycles. The van der Waals surface area contributed by atoms with Gasteiger partial charge in [0.25, 0.3) is 0 Å². The minimum absolute atomic E-state index is 0.274. The fourth-order valence-corrected chi connectivity index (χ4v) is 4.82. The van der Waals surface area contributed by atoms with Gasteiger partial charge in [-0.2, -0.15) is 0 Å². The fourth-order valence-electron chi connectivity index (χ4n) is 4.10. The molecule has 0 bridgehead atoms. The zero-order valence-electron chi connectivity index (χ0n) is 16.0. The van der Waals surface area contributed by atoms with Crippen molar-refractivity contribution in [3.05, 3.63) is 71.0 Å². The highest BCUT2D eigenvalue weighted by molar-refractivity contribution is 7.16. The van der Waals surface area contributed by atoms with Gasteiger partial charge in [0.05, 0.1) is 27.5 Å². The zero-order valence-corrected chi connectivity index (χ0v) is 16.8. The van der Waals surface area contributed by atoms with E-state index in [1.165, 1.54) is 22.2 Å². The maximum Gasteiger partial charge on any atom is 0.130 e. The number of anilines is 1. The maximum absolute atomic E-state index is 4.68. The molecule has 1 aliphatic rings. The van der Waals surface area contributed by atoms with Gasteiger partial charge in [-0.3, -0.25) is 0 Å². The molecule has 5 rings (SSSR count). The summed E-state index contributed by atoms with van der Waals surface area (Å²) in [4.78, 5) is 13.7. The molecule has 4 aromatic rings. The molecule has 2 unspecified atom stereocenters. The van der Waals surface area contributed by atoms with Gasteiger partial charge in [-0.05, 0) is 48.9 Å². The summed E-state index contributed by atoms with van der Waals surface area (Å²) in [5, 5.41) is 3.71. The predicted octanol–water partition coefficient (Wildman–Crippen LogP) is 5.80. The van der Waals surface area contributed by atoms with Crippen molar-refractivity contribution in [2.75, 3.05) is 5.32 Å². The van der Waals surface area contributed by atoms with E-state index in [1.54, 1.807) is 11.3 Å². The molecule has 4 nitrogen and oxygen atoms in total. The van der Waals surface area contributed by atoms with E-state index in [1.807, 2.05) is 12.4 Å². The van der Waals surface area contributed by atoms with Crippen LogP contribution in [0.25, 0.3) is 21.5 Å². The smallest absolute Gasteiger partial charge is 0.130 e. The second kappa shape index (κ2) is 6.99. The van der Waals surface area contributed by atoms with Gasteiger partial charge in [0.1, 0.15) is 11.6 Å².